The van der Waals surface area contributed by atoms with E-state index >= 15 is 0 Å². The van der Waals surface area contributed by atoms with Crippen LogP contribution >= 0.6 is 11.8 Å². The molecule has 0 N–H and O–H groups in total. The Morgan fingerprint density at radius 3 is 2.71 bits per heavy atom. The van der Waals surface area contributed by atoms with Gasteiger partial charge in [0.15, 0.2) is 5.16 Å². The lowest BCUT2D eigenvalue weighted by atomic mass is 10.1. The van der Waals surface area contributed by atoms with Gasteiger partial charge in [0.05, 0.1) is 29.3 Å². The van der Waals surface area contributed by atoms with Crippen molar-refractivity contribution in [3.63, 3.8) is 0 Å². The molecular formula is C23H29N3O4S. The maximum Gasteiger partial charge on any atom is 0.337 e. The number of rotatable bonds is 8. The Hall–Kier alpha value is -2.61. The molecular weight excluding hydrogens is 414 g/mol. The normalized spacial score (nSPS) is 13.5. The summed E-state index contributed by atoms with van der Waals surface area (Å²) in [5.41, 5.74) is 1.67. The summed E-state index contributed by atoms with van der Waals surface area (Å²) in [4.78, 5) is 44.4. The Morgan fingerprint density at radius 1 is 1.32 bits per heavy atom. The van der Waals surface area contributed by atoms with Gasteiger partial charge in [0, 0.05) is 18.8 Å². The zero-order valence-corrected chi connectivity index (χ0v) is 19.3. The molecule has 0 unspecified atom stereocenters. The monoisotopic (exact) mass is 443 g/mol. The third kappa shape index (κ3) is 5.18. The molecule has 0 bridgehead atoms. The molecule has 2 aromatic rings. The van der Waals surface area contributed by atoms with Crippen LogP contribution in [0.1, 0.15) is 50.4 Å². The smallest absolute Gasteiger partial charge is 0.337 e. The summed E-state index contributed by atoms with van der Waals surface area (Å²) in [5.74, 6) is -0.0489. The standard InChI is InChI=1S/C23H29N3O4S/c1-5-25(17-8-6-7-9-17)20(27)14-31-23-24-19-12-16(22(29)30-4)10-11-18(19)21(28)26(23)13-15(2)3/h8,10-12,15H,5-7,9,13-14H2,1-4H3. The molecule has 0 saturated heterocycles. The predicted octanol–water partition coefficient (Wildman–Crippen LogP) is 3.85. The summed E-state index contributed by atoms with van der Waals surface area (Å²) in [7, 11) is 1.31. The Morgan fingerprint density at radius 2 is 2.10 bits per heavy atom. The first-order valence-electron chi connectivity index (χ1n) is 10.6. The van der Waals surface area contributed by atoms with Crippen LogP contribution in [0, 0.1) is 5.92 Å². The lowest BCUT2D eigenvalue weighted by Crippen LogP contribution is -2.31. The molecule has 1 amide bonds. The number of ether oxygens (including phenoxy) is 1. The minimum atomic E-state index is -0.483. The van der Waals surface area contributed by atoms with E-state index in [4.69, 9.17) is 4.74 Å². The second kappa shape index (κ2) is 10.1. The molecule has 1 aromatic carbocycles. The summed E-state index contributed by atoms with van der Waals surface area (Å²) < 4.78 is 6.41. The molecule has 1 aliphatic rings. The predicted molar refractivity (Wildman–Crippen MR) is 122 cm³/mol. The van der Waals surface area contributed by atoms with Gasteiger partial charge in [-0.05, 0) is 50.3 Å². The van der Waals surface area contributed by atoms with Crippen molar-refractivity contribution in [2.45, 2.75) is 51.7 Å². The highest BCUT2D eigenvalue weighted by atomic mass is 32.2. The number of methoxy groups -OCH3 is 1. The Kier molecular flexibility index (Phi) is 7.54. The molecule has 166 valence electrons. The van der Waals surface area contributed by atoms with E-state index < -0.39 is 5.97 Å². The first-order valence-corrected chi connectivity index (χ1v) is 11.6. The molecule has 7 nitrogen and oxygen atoms in total. The number of allylic oxidation sites excluding steroid dienone is 2. The van der Waals surface area contributed by atoms with E-state index in [0.29, 0.717) is 34.7 Å². The van der Waals surface area contributed by atoms with Crippen LogP contribution in [0.2, 0.25) is 0 Å². The fourth-order valence-corrected chi connectivity index (χ4v) is 4.61. The number of esters is 1. The van der Waals surface area contributed by atoms with Gasteiger partial charge in [-0.2, -0.15) is 0 Å². The van der Waals surface area contributed by atoms with Crippen molar-refractivity contribution < 1.29 is 14.3 Å². The van der Waals surface area contributed by atoms with Crippen LogP contribution in [0.4, 0.5) is 0 Å². The highest BCUT2D eigenvalue weighted by Crippen LogP contribution is 2.24. The zero-order valence-electron chi connectivity index (χ0n) is 18.5. The molecule has 1 heterocycles. The van der Waals surface area contributed by atoms with Gasteiger partial charge in [0.1, 0.15) is 0 Å². The van der Waals surface area contributed by atoms with E-state index in [1.807, 2.05) is 25.7 Å². The molecule has 1 aromatic heterocycles. The SMILES string of the molecule is CCN(C(=O)CSc1nc2cc(C(=O)OC)ccc2c(=O)n1CC(C)C)C1=CCCC1. The number of hydrogen-bond acceptors (Lipinski definition) is 6. The van der Waals surface area contributed by atoms with Crippen LogP contribution < -0.4 is 5.56 Å². The van der Waals surface area contributed by atoms with Crippen molar-refractivity contribution in [3.05, 3.63) is 45.9 Å². The van der Waals surface area contributed by atoms with E-state index in [-0.39, 0.29) is 23.1 Å². The maximum atomic E-state index is 13.2. The van der Waals surface area contributed by atoms with Crippen LogP contribution in [-0.4, -0.2) is 45.7 Å². The van der Waals surface area contributed by atoms with Crippen molar-refractivity contribution in [1.29, 1.82) is 0 Å². The summed E-state index contributed by atoms with van der Waals surface area (Å²) in [5, 5.41) is 0.924. The van der Waals surface area contributed by atoms with Gasteiger partial charge in [-0.15, -0.1) is 0 Å². The lowest BCUT2D eigenvalue weighted by Gasteiger charge is -2.22. The first-order chi connectivity index (χ1) is 14.8. The van der Waals surface area contributed by atoms with E-state index in [9.17, 15) is 14.4 Å². The van der Waals surface area contributed by atoms with E-state index in [0.717, 1.165) is 25.0 Å². The quantitative estimate of drug-likeness (QED) is 0.350. The molecule has 0 radical (unpaired) electrons. The number of aromatic nitrogens is 2. The van der Waals surface area contributed by atoms with Crippen molar-refractivity contribution in [2.75, 3.05) is 19.4 Å². The molecule has 1 aliphatic carbocycles. The molecule has 31 heavy (non-hydrogen) atoms. The van der Waals surface area contributed by atoms with Crippen LogP contribution in [-0.2, 0) is 16.1 Å². The van der Waals surface area contributed by atoms with Gasteiger partial charge >= 0.3 is 5.97 Å². The Labute approximate surface area is 186 Å². The highest BCUT2D eigenvalue weighted by molar-refractivity contribution is 7.99. The van der Waals surface area contributed by atoms with Gasteiger partial charge in [0.25, 0.3) is 5.56 Å². The van der Waals surface area contributed by atoms with E-state index in [2.05, 4.69) is 11.1 Å². The minimum absolute atomic E-state index is 0.00871. The van der Waals surface area contributed by atoms with Crippen molar-refractivity contribution in [2.24, 2.45) is 5.92 Å². The van der Waals surface area contributed by atoms with E-state index in [1.165, 1.54) is 18.9 Å². The molecule has 3 rings (SSSR count). The summed E-state index contributed by atoms with van der Waals surface area (Å²) in [6.45, 7) is 7.15. The van der Waals surface area contributed by atoms with Gasteiger partial charge < -0.3 is 9.64 Å². The number of carbonyl (C=O) groups is 2. The van der Waals surface area contributed by atoms with Gasteiger partial charge in [0.2, 0.25) is 5.91 Å². The Bertz CT molecular complexity index is 1070. The van der Waals surface area contributed by atoms with Crippen LogP contribution in [0.3, 0.4) is 0 Å². The maximum absolute atomic E-state index is 13.2. The number of carbonyl (C=O) groups excluding carboxylic acids is 2. The molecule has 0 saturated carbocycles. The number of hydrogen-bond donors (Lipinski definition) is 0. The average Bonchev–Trinajstić information content (AvgIpc) is 3.28. The summed E-state index contributed by atoms with van der Waals surface area (Å²) in [6, 6.07) is 4.75. The Balaban J connectivity index is 1.95. The van der Waals surface area contributed by atoms with E-state index in [1.54, 1.807) is 22.8 Å². The number of amides is 1. The zero-order chi connectivity index (χ0) is 22.5. The van der Waals surface area contributed by atoms with Gasteiger partial charge in [-0.25, -0.2) is 9.78 Å². The summed E-state index contributed by atoms with van der Waals surface area (Å²) >= 11 is 1.27. The second-order valence-corrected chi connectivity index (χ2v) is 8.88. The molecule has 0 spiro atoms. The molecule has 0 aliphatic heterocycles. The van der Waals surface area contributed by atoms with Gasteiger partial charge in [-0.1, -0.05) is 31.7 Å². The van der Waals surface area contributed by atoms with Crippen molar-refractivity contribution >= 4 is 34.5 Å². The third-order valence-electron chi connectivity index (χ3n) is 5.19. The first kappa shape index (κ1) is 23.1. The minimum Gasteiger partial charge on any atom is -0.465 e. The van der Waals surface area contributed by atoms with Crippen molar-refractivity contribution in [1.82, 2.24) is 14.5 Å². The number of benzene rings is 1. The highest BCUT2D eigenvalue weighted by Gasteiger charge is 2.21. The lowest BCUT2D eigenvalue weighted by molar-refractivity contribution is -0.126. The third-order valence-corrected chi connectivity index (χ3v) is 6.16. The largest absolute Gasteiger partial charge is 0.465 e. The van der Waals surface area contributed by atoms with Gasteiger partial charge in [-0.3, -0.25) is 14.2 Å². The molecule has 0 fully saturated rings. The van der Waals surface area contributed by atoms with Crippen LogP contribution in [0.15, 0.2) is 39.9 Å². The number of fused-ring (bicyclic) bond motifs is 1. The number of thioether (sulfide) groups is 1. The van der Waals surface area contributed by atoms with Crippen LogP contribution in [0.25, 0.3) is 10.9 Å². The van der Waals surface area contributed by atoms with Crippen molar-refractivity contribution in [3.8, 4) is 0 Å². The fourth-order valence-electron chi connectivity index (χ4n) is 3.72. The number of nitrogens with zero attached hydrogens (tertiary/aromatic N) is 3. The average molecular weight is 444 g/mol. The topological polar surface area (TPSA) is 81.5 Å². The summed E-state index contributed by atoms with van der Waals surface area (Å²) in [6.07, 6.45) is 5.14. The van der Waals surface area contributed by atoms with Crippen LogP contribution in [0.5, 0.6) is 0 Å². The fraction of sp³-hybridized carbons (Fsp3) is 0.478. The molecule has 8 heteroatoms. The molecule has 0 atom stereocenters. The second-order valence-electron chi connectivity index (χ2n) is 7.94.